The Morgan fingerprint density at radius 3 is 1.36 bits per heavy atom. The molecule has 0 radical (unpaired) electrons. The summed E-state index contributed by atoms with van der Waals surface area (Å²) in [6.45, 7) is 14.6. The Balaban J connectivity index is 0.000000254. The van der Waals surface area contributed by atoms with Crippen LogP contribution in [0.5, 0.6) is 0 Å². The molecule has 8 nitrogen and oxygen atoms in total. The number of hydrogen-bond acceptors (Lipinski definition) is 6. The summed E-state index contributed by atoms with van der Waals surface area (Å²) in [6.07, 6.45) is 5.03. The quantitative estimate of drug-likeness (QED) is 0.203. The molecule has 4 heterocycles. The second kappa shape index (κ2) is 11.1. The minimum atomic E-state index is -1.24. The molecule has 2 fully saturated rings. The molecule has 4 atom stereocenters. The summed E-state index contributed by atoms with van der Waals surface area (Å²) in [6, 6.07) is 19.1. The molecular formula is C38H40N4O4Ru. The van der Waals surface area contributed by atoms with Gasteiger partial charge in [0.25, 0.3) is 0 Å². The molecule has 9 heteroatoms. The maximum Gasteiger partial charge on any atom is 0.354 e. The van der Waals surface area contributed by atoms with E-state index >= 15 is 0 Å². The van der Waals surface area contributed by atoms with Crippen LogP contribution in [-0.4, -0.2) is 42.1 Å². The van der Waals surface area contributed by atoms with Crippen LogP contribution in [0.15, 0.2) is 60.7 Å². The molecule has 4 aliphatic rings. The zero-order chi connectivity index (χ0) is 32.8. The Kier molecular flexibility index (Phi) is 7.82. The van der Waals surface area contributed by atoms with Crippen LogP contribution in [0.1, 0.15) is 123 Å². The zero-order valence-electron chi connectivity index (χ0n) is 27.6. The molecule has 0 aliphatic heterocycles. The number of aromatic nitrogens is 4. The van der Waals surface area contributed by atoms with Gasteiger partial charge in [0.2, 0.25) is 0 Å². The Hall–Kier alpha value is -3.84. The largest absolute Gasteiger partial charge is 0.477 e. The summed E-state index contributed by atoms with van der Waals surface area (Å²) < 4.78 is 0. The van der Waals surface area contributed by atoms with Crippen molar-refractivity contribution in [1.29, 1.82) is 0 Å². The van der Waals surface area contributed by atoms with Gasteiger partial charge in [0.1, 0.15) is 11.4 Å². The molecule has 0 unspecified atom stereocenters. The summed E-state index contributed by atoms with van der Waals surface area (Å²) in [5.74, 6) is -1.38. The molecule has 47 heavy (non-hydrogen) atoms. The Morgan fingerprint density at radius 1 is 0.574 bits per heavy atom. The normalized spacial score (nSPS) is 26.4. The van der Waals surface area contributed by atoms with Crippen LogP contribution in [0, 0.1) is 10.8 Å². The van der Waals surface area contributed by atoms with Crippen molar-refractivity contribution in [2.24, 2.45) is 10.8 Å². The number of nitrogens with zero attached hydrogens (tertiary/aromatic N) is 4. The molecule has 244 valence electrons. The first kappa shape index (κ1) is 33.1. The first-order valence-electron chi connectivity index (χ1n) is 16.1. The molecule has 4 aliphatic carbocycles. The average molecular weight is 718 g/mol. The van der Waals surface area contributed by atoms with Gasteiger partial charge < -0.3 is 10.2 Å². The summed E-state index contributed by atoms with van der Waals surface area (Å²) >= 11 is 0. The predicted octanol–water partition coefficient (Wildman–Crippen LogP) is 8.03. The van der Waals surface area contributed by atoms with Crippen molar-refractivity contribution in [3.05, 3.63) is 94.6 Å². The van der Waals surface area contributed by atoms with Crippen LogP contribution in [0.3, 0.4) is 0 Å². The summed E-state index contributed by atoms with van der Waals surface area (Å²) in [5, 5.41) is 16.9. The maximum atomic E-state index is 10.3. The topological polar surface area (TPSA) is 126 Å². The third kappa shape index (κ3) is 4.71. The molecule has 4 bridgehead atoms. The fraction of sp³-hybridized carbons (Fsp3) is 0.421. The number of rotatable bonds is 4. The van der Waals surface area contributed by atoms with Gasteiger partial charge in [-0.3, -0.25) is 9.97 Å². The first-order valence-corrected chi connectivity index (χ1v) is 16.1. The molecule has 8 rings (SSSR count). The summed E-state index contributed by atoms with van der Waals surface area (Å²) in [4.78, 5) is 39.5. The van der Waals surface area contributed by atoms with Crippen molar-refractivity contribution in [3.63, 3.8) is 0 Å². The SMILES string of the molecule is CC1(C)[C@@H]2CC[C@@]1(C)c1ccc(-c3cccc(-c4ccc5c(n4)[C@H]4CC[C@]5(C)C4(C)C)n3)nc12.O=C(O)c1cccc(C(=O)O)n1.[Ru]. The van der Waals surface area contributed by atoms with Gasteiger partial charge in [-0.2, -0.15) is 0 Å². The Morgan fingerprint density at radius 2 is 0.957 bits per heavy atom. The van der Waals surface area contributed by atoms with E-state index in [0.717, 1.165) is 22.8 Å². The van der Waals surface area contributed by atoms with Crippen LogP contribution in [0.2, 0.25) is 0 Å². The van der Waals surface area contributed by atoms with Crippen LogP contribution >= 0.6 is 0 Å². The summed E-state index contributed by atoms with van der Waals surface area (Å²) in [5.41, 5.74) is 9.90. The molecule has 0 aromatic carbocycles. The number of carboxylic acids is 2. The zero-order valence-corrected chi connectivity index (χ0v) is 29.3. The third-order valence-electron chi connectivity index (χ3n) is 12.6. The standard InChI is InChI=1S/C31H35N3.C7H5NO4.Ru/c1-28(2)18-14-16-30(28,5)20-10-12-24(33-26(18)20)22-8-7-9-23(32-22)25-13-11-21-27(34-25)19-15-17-31(21,6)29(19,3)4;9-6(10)4-2-1-3-5(8-4)7(11)12;/h7-13,18-19H,14-17H2,1-6H3;1-3H,(H,9,10)(H,11,12);/t18-,19-,30+,31+;;/m1../s1. The molecule has 4 aromatic rings. The molecule has 0 saturated heterocycles. The monoisotopic (exact) mass is 718 g/mol. The van der Waals surface area contributed by atoms with E-state index < -0.39 is 11.9 Å². The molecule has 4 aromatic heterocycles. The fourth-order valence-electron chi connectivity index (χ4n) is 9.01. The number of carbonyl (C=O) groups is 2. The summed E-state index contributed by atoms with van der Waals surface area (Å²) in [7, 11) is 0. The van der Waals surface area contributed by atoms with E-state index in [4.69, 9.17) is 25.2 Å². The maximum absolute atomic E-state index is 10.3. The van der Waals surface area contributed by atoms with E-state index in [1.165, 1.54) is 66.4 Å². The molecular weight excluding hydrogens is 678 g/mol. The minimum absolute atomic E-state index is 0. The predicted molar refractivity (Wildman–Crippen MR) is 175 cm³/mol. The van der Waals surface area contributed by atoms with Gasteiger partial charge >= 0.3 is 11.9 Å². The first-order chi connectivity index (χ1) is 21.7. The van der Waals surface area contributed by atoms with Crippen LogP contribution in [-0.2, 0) is 30.3 Å². The smallest absolute Gasteiger partial charge is 0.354 e. The van der Waals surface area contributed by atoms with Gasteiger partial charge in [-0.05, 0) is 84.0 Å². The van der Waals surface area contributed by atoms with E-state index in [1.807, 2.05) is 0 Å². The molecule has 2 N–H and O–H groups in total. The second-order valence-corrected chi connectivity index (χ2v) is 15.0. The van der Waals surface area contributed by atoms with Crippen molar-refractivity contribution < 1.29 is 39.3 Å². The van der Waals surface area contributed by atoms with Crippen LogP contribution in [0.25, 0.3) is 22.8 Å². The number of carboxylic acid groups (broad SMARTS) is 2. The van der Waals surface area contributed by atoms with Crippen molar-refractivity contribution in [3.8, 4) is 22.8 Å². The second-order valence-electron chi connectivity index (χ2n) is 15.0. The number of fused-ring (bicyclic) bond motifs is 10. The number of aromatic carboxylic acids is 2. The molecule has 0 spiro atoms. The van der Waals surface area contributed by atoms with E-state index in [9.17, 15) is 9.59 Å². The Bertz CT molecular complexity index is 1810. The van der Waals surface area contributed by atoms with Crippen molar-refractivity contribution in [1.82, 2.24) is 19.9 Å². The van der Waals surface area contributed by atoms with E-state index in [2.05, 4.69) is 89.0 Å². The van der Waals surface area contributed by atoms with Gasteiger partial charge in [-0.15, -0.1) is 0 Å². The van der Waals surface area contributed by atoms with Crippen molar-refractivity contribution >= 4 is 11.9 Å². The van der Waals surface area contributed by atoms with E-state index in [1.54, 1.807) is 0 Å². The molecule has 2 saturated carbocycles. The van der Waals surface area contributed by atoms with Crippen molar-refractivity contribution in [2.75, 3.05) is 0 Å². The number of hydrogen-bond donors (Lipinski definition) is 2. The van der Waals surface area contributed by atoms with Gasteiger partial charge in [-0.25, -0.2) is 19.6 Å². The van der Waals surface area contributed by atoms with Gasteiger partial charge in [0.05, 0.1) is 22.8 Å². The van der Waals surface area contributed by atoms with Gasteiger partial charge in [-0.1, -0.05) is 65.8 Å². The third-order valence-corrected chi connectivity index (χ3v) is 12.6. The van der Waals surface area contributed by atoms with Crippen LogP contribution in [0.4, 0.5) is 0 Å². The van der Waals surface area contributed by atoms with Gasteiger partial charge in [0, 0.05) is 53.5 Å². The van der Waals surface area contributed by atoms with Crippen LogP contribution < -0.4 is 0 Å². The average Bonchev–Trinajstić information content (AvgIpc) is 3.56. The minimum Gasteiger partial charge on any atom is -0.477 e. The van der Waals surface area contributed by atoms with E-state index in [-0.39, 0.29) is 52.5 Å². The number of pyridine rings is 4. The van der Waals surface area contributed by atoms with Crippen molar-refractivity contribution in [2.45, 2.75) is 89.9 Å². The van der Waals surface area contributed by atoms with Gasteiger partial charge in [0.15, 0.2) is 0 Å². The molecule has 0 amide bonds. The Labute approximate surface area is 288 Å². The fourth-order valence-corrected chi connectivity index (χ4v) is 9.01. The van der Waals surface area contributed by atoms with E-state index in [0.29, 0.717) is 11.8 Å².